The quantitative estimate of drug-likeness (QED) is 0.693. The Morgan fingerprint density at radius 1 is 1.22 bits per heavy atom. The first-order chi connectivity index (χ1) is 13.1. The highest BCUT2D eigenvalue weighted by Crippen LogP contribution is 2.24. The monoisotopic (exact) mass is 427 g/mol. The predicted molar refractivity (Wildman–Crippen MR) is 109 cm³/mol. The molecule has 4 rings (SSSR count). The van der Waals surface area contributed by atoms with Crippen LogP contribution in [0.15, 0.2) is 46.9 Å². The third kappa shape index (κ3) is 3.69. The molecule has 1 N–H and O–H groups in total. The topological polar surface area (TPSA) is 62.5 Å². The lowest BCUT2D eigenvalue weighted by Crippen LogP contribution is -2.43. The molecule has 6 nitrogen and oxygen atoms in total. The van der Waals surface area contributed by atoms with Crippen LogP contribution in [0.25, 0.3) is 5.65 Å². The standard InChI is InChI=1S/C20H22BrN5O/c1-14-6-4-10-18-23-24-20(26(14)18)25-11-5-8-16(13-25)19(27)22-12-15-7-2-3-9-17(15)21/h2-4,6-7,9-10,16H,5,8,11-13H2,1H3,(H,22,27)/t16-/m0/s1. The maximum atomic E-state index is 12.7. The van der Waals surface area contributed by atoms with Crippen molar-refractivity contribution >= 4 is 33.4 Å². The summed E-state index contributed by atoms with van der Waals surface area (Å²) in [4.78, 5) is 14.9. The minimum atomic E-state index is -0.0439. The fourth-order valence-corrected chi connectivity index (χ4v) is 4.05. The van der Waals surface area contributed by atoms with Gasteiger partial charge in [-0.3, -0.25) is 9.20 Å². The predicted octanol–water partition coefficient (Wildman–Crippen LogP) is 3.33. The van der Waals surface area contributed by atoms with Crippen molar-refractivity contribution < 1.29 is 4.79 Å². The first-order valence-electron chi connectivity index (χ1n) is 9.20. The van der Waals surface area contributed by atoms with Crippen LogP contribution in [0.4, 0.5) is 5.95 Å². The number of rotatable bonds is 4. The molecule has 1 aliphatic rings. The van der Waals surface area contributed by atoms with E-state index in [4.69, 9.17) is 0 Å². The lowest BCUT2D eigenvalue weighted by atomic mass is 9.97. The number of anilines is 1. The summed E-state index contributed by atoms with van der Waals surface area (Å²) >= 11 is 3.53. The summed E-state index contributed by atoms with van der Waals surface area (Å²) in [6.07, 6.45) is 1.86. The van der Waals surface area contributed by atoms with Gasteiger partial charge in [-0.15, -0.1) is 10.2 Å². The van der Waals surface area contributed by atoms with Crippen LogP contribution >= 0.6 is 15.9 Å². The molecule has 1 atom stereocenters. The third-order valence-corrected chi connectivity index (χ3v) is 5.87. The number of fused-ring (bicyclic) bond motifs is 1. The number of pyridine rings is 1. The molecule has 0 aliphatic carbocycles. The number of piperidine rings is 1. The second-order valence-electron chi connectivity index (χ2n) is 6.96. The third-order valence-electron chi connectivity index (χ3n) is 5.09. The van der Waals surface area contributed by atoms with E-state index in [0.29, 0.717) is 13.1 Å². The van der Waals surface area contributed by atoms with Gasteiger partial charge >= 0.3 is 0 Å². The number of aryl methyl sites for hydroxylation is 1. The molecule has 1 aliphatic heterocycles. The summed E-state index contributed by atoms with van der Waals surface area (Å²) in [6.45, 7) is 4.13. The molecule has 0 saturated carbocycles. The maximum absolute atomic E-state index is 12.7. The molecule has 27 heavy (non-hydrogen) atoms. The van der Waals surface area contributed by atoms with E-state index in [-0.39, 0.29) is 11.8 Å². The highest BCUT2D eigenvalue weighted by molar-refractivity contribution is 9.10. The van der Waals surface area contributed by atoms with Crippen LogP contribution in [-0.2, 0) is 11.3 Å². The van der Waals surface area contributed by atoms with Crippen LogP contribution in [0.2, 0.25) is 0 Å². The first kappa shape index (κ1) is 18.0. The SMILES string of the molecule is Cc1cccc2nnc(N3CCC[C@H](C(=O)NCc4ccccc4Br)C3)n12. The number of hydrogen-bond donors (Lipinski definition) is 1. The number of carbonyl (C=O) groups excluding carboxylic acids is 1. The average Bonchev–Trinajstić information content (AvgIpc) is 3.13. The molecule has 3 aromatic rings. The van der Waals surface area contributed by atoms with Gasteiger partial charge in [0.05, 0.1) is 5.92 Å². The molecule has 1 fully saturated rings. The van der Waals surface area contributed by atoms with E-state index in [1.807, 2.05) is 49.4 Å². The minimum absolute atomic E-state index is 0.0439. The van der Waals surface area contributed by atoms with Crippen molar-refractivity contribution in [2.75, 3.05) is 18.0 Å². The number of nitrogens with one attached hydrogen (secondary N) is 1. The number of nitrogens with zero attached hydrogens (tertiary/aromatic N) is 4. The molecular formula is C20H22BrN5O. The summed E-state index contributed by atoms with van der Waals surface area (Å²) in [5.41, 5.74) is 3.01. The Kier molecular flexibility index (Phi) is 5.11. The number of benzene rings is 1. The Hall–Kier alpha value is -2.41. The second kappa shape index (κ2) is 7.68. The van der Waals surface area contributed by atoms with Crippen molar-refractivity contribution in [2.45, 2.75) is 26.3 Å². The molecule has 7 heteroatoms. The molecule has 0 unspecified atom stereocenters. The minimum Gasteiger partial charge on any atom is -0.352 e. The molecule has 3 heterocycles. The first-order valence-corrected chi connectivity index (χ1v) is 9.99. The normalized spacial score (nSPS) is 17.3. The van der Waals surface area contributed by atoms with Gasteiger partial charge in [0.15, 0.2) is 5.65 Å². The molecule has 1 saturated heterocycles. The van der Waals surface area contributed by atoms with E-state index in [9.17, 15) is 4.79 Å². The highest BCUT2D eigenvalue weighted by atomic mass is 79.9. The number of aromatic nitrogens is 3. The van der Waals surface area contributed by atoms with Crippen molar-refractivity contribution in [1.82, 2.24) is 19.9 Å². The number of carbonyl (C=O) groups is 1. The Morgan fingerprint density at radius 2 is 2.07 bits per heavy atom. The highest BCUT2D eigenvalue weighted by Gasteiger charge is 2.28. The molecule has 0 radical (unpaired) electrons. The Bertz CT molecular complexity index is 970. The van der Waals surface area contributed by atoms with Crippen LogP contribution in [0.3, 0.4) is 0 Å². The fourth-order valence-electron chi connectivity index (χ4n) is 3.63. The van der Waals surface area contributed by atoms with Crippen LogP contribution in [0, 0.1) is 12.8 Å². The molecule has 140 valence electrons. The fraction of sp³-hybridized carbons (Fsp3) is 0.350. The largest absolute Gasteiger partial charge is 0.352 e. The van der Waals surface area contributed by atoms with Gasteiger partial charge in [0.1, 0.15) is 0 Å². The van der Waals surface area contributed by atoms with Gasteiger partial charge in [-0.25, -0.2) is 0 Å². The van der Waals surface area contributed by atoms with E-state index in [1.165, 1.54) is 0 Å². The van der Waals surface area contributed by atoms with Crippen molar-refractivity contribution in [2.24, 2.45) is 5.92 Å². The number of halogens is 1. The molecule has 1 amide bonds. The summed E-state index contributed by atoms with van der Waals surface area (Å²) in [5, 5.41) is 11.7. The smallest absolute Gasteiger partial charge is 0.231 e. The lowest BCUT2D eigenvalue weighted by molar-refractivity contribution is -0.125. The number of hydrogen-bond acceptors (Lipinski definition) is 4. The van der Waals surface area contributed by atoms with Crippen LogP contribution in [0.1, 0.15) is 24.1 Å². The van der Waals surface area contributed by atoms with Gasteiger partial charge in [0, 0.05) is 29.8 Å². The summed E-state index contributed by atoms with van der Waals surface area (Å²) in [7, 11) is 0. The van der Waals surface area contributed by atoms with E-state index in [0.717, 1.165) is 46.7 Å². The second-order valence-corrected chi connectivity index (χ2v) is 7.81. The molecular weight excluding hydrogens is 406 g/mol. The molecule has 2 aromatic heterocycles. The van der Waals surface area contributed by atoms with Crippen LogP contribution in [-0.4, -0.2) is 33.6 Å². The Labute approximate surface area is 166 Å². The van der Waals surface area contributed by atoms with Gasteiger partial charge in [-0.05, 0) is 43.5 Å². The summed E-state index contributed by atoms with van der Waals surface area (Å²) < 4.78 is 3.07. The zero-order valence-electron chi connectivity index (χ0n) is 15.2. The van der Waals surface area contributed by atoms with Gasteiger partial charge in [0.2, 0.25) is 11.9 Å². The van der Waals surface area contributed by atoms with E-state index >= 15 is 0 Å². The molecule has 0 spiro atoms. The summed E-state index contributed by atoms with van der Waals surface area (Å²) in [6, 6.07) is 13.9. The van der Waals surface area contributed by atoms with Crippen molar-refractivity contribution in [3.05, 3.63) is 58.2 Å². The zero-order valence-corrected chi connectivity index (χ0v) is 16.8. The maximum Gasteiger partial charge on any atom is 0.231 e. The van der Waals surface area contributed by atoms with Gasteiger partial charge in [-0.2, -0.15) is 0 Å². The van der Waals surface area contributed by atoms with Crippen LogP contribution < -0.4 is 10.2 Å². The van der Waals surface area contributed by atoms with Crippen LogP contribution in [0.5, 0.6) is 0 Å². The van der Waals surface area contributed by atoms with Crippen molar-refractivity contribution in [3.63, 3.8) is 0 Å². The zero-order chi connectivity index (χ0) is 18.8. The average molecular weight is 428 g/mol. The number of amides is 1. The van der Waals surface area contributed by atoms with Gasteiger partial charge in [0.25, 0.3) is 0 Å². The molecule has 1 aromatic carbocycles. The lowest BCUT2D eigenvalue weighted by Gasteiger charge is -2.32. The summed E-state index contributed by atoms with van der Waals surface area (Å²) in [5.74, 6) is 0.880. The van der Waals surface area contributed by atoms with E-state index < -0.39 is 0 Å². The van der Waals surface area contributed by atoms with Gasteiger partial charge < -0.3 is 10.2 Å². The molecule has 0 bridgehead atoms. The van der Waals surface area contributed by atoms with E-state index in [1.54, 1.807) is 0 Å². The van der Waals surface area contributed by atoms with Crippen molar-refractivity contribution in [1.29, 1.82) is 0 Å². The van der Waals surface area contributed by atoms with Gasteiger partial charge in [-0.1, -0.05) is 40.2 Å². The Morgan fingerprint density at radius 3 is 2.93 bits per heavy atom. The van der Waals surface area contributed by atoms with E-state index in [2.05, 4.69) is 40.7 Å². The van der Waals surface area contributed by atoms with Crippen molar-refractivity contribution in [3.8, 4) is 0 Å². The Balaban J connectivity index is 1.46.